The number of aliphatic carboxylic acids is 1. The Bertz CT molecular complexity index is 283. The van der Waals surface area contributed by atoms with Gasteiger partial charge in [-0.2, -0.15) is 0 Å². The summed E-state index contributed by atoms with van der Waals surface area (Å²) in [6.45, 7) is 3.69. The maximum atomic E-state index is 11.4. The monoisotopic (exact) mass is 226 g/mol. The van der Waals surface area contributed by atoms with Gasteiger partial charge in [-0.3, -0.25) is 0 Å². The van der Waals surface area contributed by atoms with E-state index in [1.54, 1.807) is 0 Å². The molecule has 0 fully saturated rings. The van der Waals surface area contributed by atoms with Crippen LogP contribution in [0.5, 0.6) is 0 Å². The predicted molar refractivity (Wildman–Crippen MR) is 60.9 cm³/mol. The lowest BCUT2D eigenvalue weighted by atomic mass is 10.2. The lowest BCUT2D eigenvalue weighted by Crippen LogP contribution is -2.48. The third-order valence-corrected chi connectivity index (χ3v) is 2.10. The van der Waals surface area contributed by atoms with E-state index in [0.717, 1.165) is 0 Å². The van der Waals surface area contributed by atoms with E-state index >= 15 is 0 Å². The molecule has 0 spiro atoms. The molecule has 0 aromatic rings. The van der Waals surface area contributed by atoms with Crippen molar-refractivity contribution < 1.29 is 14.7 Å². The molecule has 16 heavy (non-hydrogen) atoms. The molecule has 0 heterocycles. The fourth-order valence-corrected chi connectivity index (χ4v) is 1.17. The van der Waals surface area contributed by atoms with Crippen molar-refractivity contribution in [2.75, 3.05) is 0 Å². The zero-order chi connectivity index (χ0) is 12.6. The summed E-state index contributed by atoms with van der Waals surface area (Å²) in [6.07, 6.45) is 6.86. The molecule has 0 radical (unpaired) electrons. The van der Waals surface area contributed by atoms with Crippen LogP contribution in [-0.4, -0.2) is 29.2 Å². The molecule has 0 aliphatic carbocycles. The van der Waals surface area contributed by atoms with E-state index in [9.17, 15) is 9.59 Å². The summed E-state index contributed by atoms with van der Waals surface area (Å²) in [5.74, 6) is 1.36. The molecular formula is C11H18N2O3. The third-order valence-electron chi connectivity index (χ3n) is 2.10. The van der Waals surface area contributed by atoms with E-state index in [4.69, 9.17) is 11.5 Å². The van der Waals surface area contributed by atoms with Gasteiger partial charge < -0.3 is 15.7 Å². The summed E-state index contributed by atoms with van der Waals surface area (Å²) >= 11 is 0. The van der Waals surface area contributed by atoms with Gasteiger partial charge in [-0.05, 0) is 12.8 Å². The fraction of sp³-hybridized carbons (Fsp3) is 0.636. The van der Waals surface area contributed by atoms with Crippen LogP contribution in [0.1, 0.15) is 33.1 Å². The third kappa shape index (κ3) is 5.25. The van der Waals surface area contributed by atoms with Crippen molar-refractivity contribution >= 4 is 12.0 Å². The molecule has 0 aromatic carbocycles. The molecule has 0 aromatic heterocycles. The van der Waals surface area contributed by atoms with Crippen molar-refractivity contribution in [2.24, 2.45) is 0 Å². The van der Waals surface area contributed by atoms with Crippen LogP contribution in [-0.2, 0) is 4.79 Å². The molecule has 0 saturated carbocycles. The van der Waals surface area contributed by atoms with Gasteiger partial charge in [0.2, 0.25) is 0 Å². The molecule has 0 aliphatic rings. The molecule has 90 valence electrons. The predicted octanol–water partition coefficient (Wildman–Crippen LogP) is 0.951. The molecule has 5 nitrogen and oxygen atoms in total. The second-order valence-corrected chi connectivity index (χ2v) is 3.42. The van der Waals surface area contributed by atoms with Crippen LogP contribution in [0.2, 0.25) is 0 Å². The number of carboxylic acid groups (broad SMARTS) is 1. The van der Waals surface area contributed by atoms with Crippen molar-refractivity contribution in [3.63, 3.8) is 0 Å². The van der Waals surface area contributed by atoms with Gasteiger partial charge >= 0.3 is 12.0 Å². The van der Waals surface area contributed by atoms with E-state index in [2.05, 4.69) is 16.6 Å². The quantitative estimate of drug-likeness (QED) is 0.590. The van der Waals surface area contributed by atoms with Crippen molar-refractivity contribution in [2.45, 2.75) is 45.2 Å². The largest absolute Gasteiger partial charge is 0.480 e. The Morgan fingerprint density at radius 3 is 2.38 bits per heavy atom. The minimum atomic E-state index is -1.04. The maximum Gasteiger partial charge on any atom is 0.326 e. The number of carbonyl (C=O) groups is 2. The molecule has 5 heteroatoms. The normalized spacial score (nSPS) is 13.3. The van der Waals surface area contributed by atoms with Crippen LogP contribution in [0.3, 0.4) is 0 Å². The van der Waals surface area contributed by atoms with Gasteiger partial charge in [-0.25, -0.2) is 9.59 Å². The zero-order valence-corrected chi connectivity index (χ0v) is 9.62. The lowest BCUT2D eigenvalue weighted by Gasteiger charge is -2.16. The number of carbonyl (C=O) groups excluding carboxylic acids is 1. The van der Waals surface area contributed by atoms with Gasteiger partial charge in [0.05, 0.1) is 6.04 Å². The molecule has 1 unspecified atom stereocenters. The molecule has 0 rings (SSSR count). The standard InChI is InChI=1S/C11H18N2O3/c1-4-7-9(10(14)15)13-11(16)12-8(5-2)6-3/h2,8-9H,4,6-7H2,1,3H3,(H,14,15)(H2,12,13,16)/t8?,9-/m1/s1. The van der Waals surface area contributed by atoms with E-state index in [-0.39, 0.29) is 6.04 Å². The highest BCUT2D eigenvalue weighted by molar-refractivity contribution is 5.82. The Hall–Kier alpha value is -1.70. The second kappa shape index (κ2) is 7.57. The Balaban J connectivity index is 4.20. The Morgan fingerprint density at radius 1 is 1.38 bits per heavy atom. The Morgan fingerprint density at radius 2 is 2.00 bits per heavy atom. The average molecular weight is 226 g/mol. The highest BCUT2D eigenvalue weighted by Gasteiger charge is 2.19. The van der Waals surface area contributed by atoms with E-state index < -0.39 is 18.0 Å². The fourth-order valence-electron chi connectivity index (χ4n) is 1.17. The Kier molecular flexibility index (Phi) is 6.77. The van der Waals surface area contributed by atoms with Crippen LogP contribution in [0.15, 0.2) is 0 Å². The molecular weight excluding hydrogens is 208 g/mol. The number of carboxylic acids is 1. The number of nitrogens with one attached hydrogen (secondary N) is 2. The minimum Gasteiger partial charge on any atom is -0.480 e. The first-order chi connectivity index (χ1) is 7.54. The molecule has 0 bridgehead atoms. The number of urea groups is 1. The summed E-state index contributed by atoms with van der Waals surface area (Å²) in [6, 6.07) is -1.76. The first-order valence-corrected chi connectivity index (χ1v) is 5.31. The van der Waals surface area contributed by atoms with Crippen molar-refractivity contribution in [3.05, 3.63) is 0 Å². The zero-order valence-electron chi connectivity index (χ0n) is 9.62. The minimum absolute atomic E-state index is 0.365. The van der Waals surface area contributed by atoms with Gasteiger partial charge in [0.25, 0.3) is 0 Å². The SMILES string of the molecule is C#CC(CC)NC(=O)N[C@H](CCC)C(=O)O. The number of rotatable bonds is 6. The van der Waals surface area contributed by atoms with Crippen molar-refractivity contribution in [3.8, 4) is 12.3 Å². The van der Waals surface area contributed by atoms with Gasteiger partial charge in [0.15, 0.2) is 0 Å². The van der Waals surface area contributed by atoms with E-state index in [1.165, 1.54) is 0 Å². The summed E-state index contributed by atoms with van der Waals surface area (Å²) < 4.78 is 0. The number of amides is 2. The van der Waals surface area contributed by atoms with Crippen LogP contribution >= 0.6 is 0 Å². The Labute approximate surface area is 95.6 Å². The number of hydrogen-bond acceptors (Lipinski definition) is 2. The lowest BCUT2D eigenvalue weighted by molar-refractivity contribution is -0.139. The molecule has 3 N–H and O–H groups in total. The first kappa shape index (κ1) is 14.3. The molecule has 0 saturated heterocycles. The highest BCUT2D eigenvalue weighted by Crippen LogP contribution is 1.97. The summed E-state index contributed by atoms with van der Waals surface area (Å²) in [4.78, 5) is 22.1. The smallest absolute Gasteiger partial charge is 0.326 e. The average Bonchev–Trinajstić information content (AvgIpc) is 2.25. The molecule has 2 atom stereocenters. The van der Waals surface area contributed by atoms with Crippen LogP contribution in [0.4, 0.5) is 4.79 Å². The van der Waals surface area contributed by atoms with E-state index in [0.29, 0.717) is 19.3 Å². The maximum absolute atomic E-state index is 11.4. The van der Waals surface area contributed by atoms with Crippen LogP contribution in [0.25, 0.3) is 0 Å². The second-order valence-electron chi connectivity index (χ2n) is 3.42. The number of hydrogen-bond donors (Lipinski definition) is 3. The van der Waals surface area contributed by atoms with Gasteiger partial charge in [0.1, 0.15) is 6.04 Å². The summed E-state index contributed by atoms with van der Waals surface area (Å²) in [7, 11) is 0. The highest BCUT2D eigenvalue weighted by atomic mass is 16.4. The molecule has 0 aliphatic heterocycles. The summed E-state index contributed by atoms with van der Waals surface area (Å²) in [5, 5.41) is 13.7. The van der Waals surface area contributed by atoms with Crippen molar-refractivity contribution in [1.82, 2.24) is 10.6 Å². The van der Waals surface area contributed by atoms with Crippen LogP contribution < -0.4 is 10.6 Å². The number of terminal acetylenes is 1. The van der Waals surface area contributed by atoms with Gasteiger partial charge in [-0.1, -0.05) is 26.2 Å². The van der Waals surface area contributed by atoms with Crippen molar-refractivity contribution in [1.29, 1.82) is 0 Å². The topological polar surface area (TPSA) is 78.4 Å². The van der Waals surface area contributed by atoms with Gasteiger partial charge in [-0.15, -0.1) is 6.42 Å². The van der Waals surface area contributed by atoms with E-state index in [1.807, 2.05) is 13.8 Å². The molecule has 2 amide bonds. The first-order valence-electron chi connectivity index (χ1n) is 5.31. The summed E-state index contributed by atoms with van der Waals surface area (Å²) in [5.41, 5.74) is 0. The van der Waals surface area contributed by atoms with Crippen LogP contribution in [0, 0.1) is 12.3 Å². The van der Waals surface area contributed by atoms with Gasteiger partial charge in [0, 0.05) is 0 Å².